The quantitative estimate of drug-likeness (QED) is 0.319. The van der Waals surface area contributed by atoms with Crippen LogP contribution in [0.3, 0.4) is 0 Å². The molecule has 0 bridgehead atoms. The van der Waals surface area contributed by atoms with E-state index in [0.29, 0.717) is 17.6 Å². The molecule has 0 aliphatic heterocycles. The molecule has 31 heavy (non-hydrogen) atoms. The van der Waals surface area contributed by atoms with E-state index in [9.17, 15) is 5.11 Å². The lowest BCUT2D eigenvalue weighted by Crippen LogP contribution is -2.20. The fourth-order valence-electron chi connectivity index (χ4n) is 4.62. The summed E-state index contributed by atoms with van der Waals surface area (Å²) in [7, 11) is 0. The van der Waals surface area contributed by atoms with Crippen LogP contribution in [0.2, 0.25) is 0 Å². The predicted molar refractivity (Wildman–Crippen MR) is 136 cm³/mol. The van der Waals surface area contributed by atoms with Gasteiger partial charge in [0.25, 0.3) is 0 Å². The molecular formula is C30H46O. The van der Waals surface area contributed by atoms with Crippen molar-refractivity contribution in [2.24, 2.45) is 0 Å². The minimum atomic E-state index is -0.0917. The van der Waals surface area contributed by atoms with Gasteiger partial charge in [0.2, 0.25) is 0 Å². The Balaban J connectivity index is 2.13. The van der Waals surface area contributed by atoms with Crippen LogP contribution in [0.1, 0.15) is 133 Å². The molecule has 2 rings (SSSR count). The van der Waals surface area contributed by atoms with E-state index in [4.69, 9.17) is 0 Å². The number of benzene rings is 2. The predicted octanol–water partition coefficient (Wildman–Crippen LogP) is 9.48. The summed E-state index contributed by atoms with van der Waals surface area (Å²) in [6.07, 6.45) is 11.9. The number of rotatable bonds is 13. The lowest BCUT2D eigenvalue weighted by atomic mass is 9.75. The third kappa shape index (κ3) is 7.13. The second-order valence-electron chi connectivity index (χ2n) is 10.3. The zero-order chi connectivity index (χ0) is 22.9. The van der Waals surface area contributed by atoms with Crippen LogP contribution in [0.15, 0.2) is 42.5 Å². The Kier molecular flexibility index (Phi) is 10.1. The number of aromatic hydroxyl groups is 1. The first-order valence-corrected chi connectivity index (χ1v) is 12.7. The highest BCUT2D eigenvalue weighted by Crippen LogP contribution is 2.41. The van der Waals surface area contributed by atoms with Crippen LogP contribution in [0.4, 0.5) is 0 Å². The van der Waals surface area contributed by atoms with Crippen molar-refractivity contribution in [2.45, 2.75) is 117 Å². The van der Waals surface area contributed by atoms with Gasteiger partial charge in [0, 0.05) is 5.41 Å². The molecule has 0 heterocycles. The summed E-state index contributed by atoms with van der Waals surface area (Å²) in [5, 5.41) is 11.1. The second kappa shape index (κ2) is 12.3. The van der Waals surface area contributed by atoms with Gasteiger partial charge in [-0.15, -0.1) is 0 Å². The van der Waals surface area contributed by atoms with Crippen LogP contribution in [0, 0.1) is 0 Å². The molecule has 172 valence electrons. The second-order valence-corrected chi connectivity index (χ2v) is 10.3. The molecule has 1 atom stereocenters. The molecule has 0 radical (unpaired) electrons. The van der Waals surface area contributed by atoms with Gasteiger partial charge in [0.15, 0.2) is 0 Å². The average Bonchev–Trinajstić information content (AvgIpc) is 2.75. The monoisotopic (exact) mass is 422 g/mol. The van der Waals surface area contributed by atoms with Gasteiger partial charge in [0.05, 0.1) is 0 Å². The lowest BCUT2D eigenvalue weighted by molar-refractivity contribution is 0.446. The van der Waals surface area contributed by atoms with Gasteiger partial charge in [0.1, 0.15) is 5.75 Å². The molecule has 1 unspecified atom stereocenters. The van der Waals surface area contributed by atoms with E-state index in [1.54, 1.807) is 0 Å². The normalized spacial score (nSPS) is 13.0. The van der Waals surface area contributed by atoms with Crippen LogP contribution < -0.4 is 0 Å². The minimum absolute atomic E-state index is 0.0917. The summed E-state index contributed by atoms with van der Waals surface area (Å²) in [6.45, 7) is 13.5. The summed E-state index contributed by atoms with van der Waals surface area (Å²) in [5.41, 5.74) is 4.74. The van der Waals surface area contributed by atoms with Gasteiger partial charge < -0.3 is 5.11 Å². The standard InChI is InChI=1S/C30H46O/c1-7-8-9-10-11-12-13-15-18-24(4)28-22-26(21-27(23(2)3)29(28)31)30(5,6)25-19-16-14-17-20-25/h14,16-17,19-24,31H,7-13,15,18H2,1-6H3. The van der Waals surface area contributed by atoms with Crippen LogP contribution in [-0.4, -0.2) is 5.11 Å². The molecule has 0 fully saturated rings. The van der Waals surface area contributed by atoms with E-state index >= 15 is 0 Å². The summed E-state index contributed by atoms with van der Waals surface area (Å²) >= 11 is 0. The van der Waals surface area contributed by atoms with E-state index < -0.39 is 0 Å². The maximum Gasteiger partial charge on any atom is 0.122 e. The maximum absolute atomic E-state index is 11.1. The van der Waals surface area contributed by atoms with Gasteiger partial charge in [-0.05, 0) is 40.5 Å². The fourth-order valence-corrected chi connectivity index (χ4v) is 4.62. The first-order chi connectivity index (χ1) is 14.8. The van der Waals surface area contributed by atoms with Crippen molar-refractivity contribution in [3.8, 4) is 5.75 Å². The van der Waals surface area contributed by atoms with E-state index in [1.165, 1.54) is 62.5 Å². The van der Waals surface area contributed by atoms with Crippen LogP contribution in [-0.2, 0) is 5.41 Å². The fraction of sp³-hybridized carbons (Fsp3) is 0.600. The Morgan fingerprint density at radius 2 is 1.29 bits per heavy atom. The molecule has 0 spiro atoms. The Morgan fingerprint density at radius 1 is 0.742 bits per heavy atom. The smallest absolute Gasteiger partial charge is 0.122 e. The Bertz CT molecular complexity index is 772. The van der Waals surface area contributed by atoms with E-state index in [0.717, 1.165) is 17.5 Å². The molecule has 1 N–H and O–H groups in total. The topological polar surface area (TPSA) is 20.2 Å². The minimum Gasteiger partial charge on any atom is -0.507 e. The largest absolute Gasteiger partial charge is 0.507 e. The zero-order valence-electron chi connectivity index (χ0n) is 21.0. The molecule has 0 aromatic heterocycles. The molecule has 2 aromatic rings. The first-order valence-electron chi connectivity index (χ1n) is 12.7. The molecule has 0 aliphatic carbocycles. The maximum atomic E-state index is 11.1. The van der Waals surface area contributed by atoms with Gasteiger partial charge in [-0.2, -0.15) is 0 Å². The van der Waals surface area contributed by atoms with Crippen molar-refractivity contribution in [1.82, 2.24) is 0 Å². The number of hydrogen-bond donors (Lipinski definition) is 1. The van der Waals surface area contributed by atoms with Gasteiger partial charge >= 0.3 is 0 Å². The summed E-state index contributed by atoms with van der Waals surface area (Å²) in [4.78, 5) is 0. The number of phenolic OH excluding ortho intramolecular Hbond substituents is 1. The molecular weight excluding hydrogens is 376 g/mol. The van der Waals surface area contributed by atoms with E-state index in [1.807, 2.05) is 0 Å². The van der Waals surface area contributed by atoms with Crippen LogP contribution in [0.5, 0.6) is 5.75 Å². The molecule has 0 saturated carbocycles. The summed E-state index contributed by atoms with van der Waals surface area (Å²) < 4.78 is 0. The molecule has 2 aromatic carbocycles. The van der Waals surface area contributed by atoms with E-state index in [2.05, 4.69) is 84.0 Å². The first kappa shape index (κ1) is 25.5. The number of unbranched alkanes of at least 4 members (excludes halogenated alkanes) is 7. The van der Waals surface area contributed by atoms with Crippen molar-refractivity contribution in [2.75, 3.05) is 0 Å². The third-order valence-corrected chi connectivity index (χ3v) is 7.03. The summed E-state index contributed by atoms with van der Waals surface area (Å²) in [6, 6.07) is 15.3. The Hall–Kier alpha value is -1.76. The highest BCUT2D eigenvalue weighted by molar-refractivity contribution is 5.51. The van der Waals surface area contributed by atoms with Gasteiger partial charge in [-0.25, -0.2) is 0 Å². The molecule has 1 nitrogen and oxygen atoms in total. The lowest BCUT2D eigenvalue weighted by Gasteiger charge is -2.29. The third-order valence-electron chi connectivity index (χ3n) is 7.03. The van der Waals surface area contributed by atoms with Gasteiger partial charge in [-0.1, -0.05) is 135 Å². The Morgan fingerprint density at radius 3 is 1.87 bits per heavy atom. The molecule has 1 heteroatoms. The highest BCUT2D eigenvalue weighted by Gasteiger charge is 2.27. The summed E-state index contributed by atoms with van der Waals surface area (Å²) in [5.74, 6) is 1.21. The van der Waals surface area contributed by atoms with Crippen molar-refractivity contribution in [3.63, 3.8) is 0 Å². The molecule has 0 aliphatic rings. The average molecular weight is 423 g/mol. The van der Waals surface area contributed by atoms with Crippen molar-refractivity contribution in [1.29, 1.82) is 0 Å². The number of hydrogen-bond acceptors (Lipinski definition) is 1. The van der Waals surface area contributed by atoms with Crippen molar-refractivity contribution >= 4 is 0 Å². The van der Waals surface area contributed by atoms with E-state index in [-0.39, 0.29) is 5.41 Å². The number of phenols is 1. The molecule has 0 saturated heterocycles. The highest BCUT2D eigenvalue weighted by atomic mass is 16.3. The van der Waals surface area contributed by atoms with Crippen LogP contribution in [0.25, 0.3) is 0 Å². The van der Waals surface area contributed by atoms with Gasteiger partial charge in [-0.3, -0.25) is 0 Å². The Labute approximate surface area is 192 Å². The SMILES string of the molecule is CCCCCCCCCCC(C)c1cc(C(C)(C)c2ccccc2)cc(C(C)C)c1O. The van der Waals surface area contributed by atoms with Crippen LogP contribution >= 0.6 is 0 Å². The van der Waals surface area contributed by atoms with Crippen molar-refractivity contribution in [3.05, 3.63) is 64.7 Å². The zero-order valence-corrected chi connectivity index (χ0v) is 21.0. The van der Waals surface area contributed by atoms with Crippen molar-refractivity contribution < 1.29 is 5.11 Å². The molecule has 0 amide bonds.